The molecular formula is C19H30O4. The van der Waals surface area contributed by atoms with Gasteiger partial charge in [0, 0.05) is 6.42 Å². The van der Waals surface area contributed by atoms with E-state index in [1.54, 1.807) is 0 Å². The van der Waals surface area contributed by atoms with Gasteiger partial charge >= 0.3 is 0 Å². The third-order valence-electron chi connectivity index (χ3n) is 4.93. The number of benzene rings is 1. The van der Waals surface area contributed by atoms with Crippen molar-refractivity contribution in [2.45, 2.75) is 75.8 Å². The Balaban J connectivity index is 1.72. The second kappa shape index (κ2) is 9.38. The molecule has 1 aliphatic rings. The van der Waals surface area contributed by atoms with E-state index in [9.17, 15) is 20.4 Å². The van der Waals surface area contributed by atoms with E-state index in [1.165, 1.54) is 6.42 Å². The molecule has 1 aliphatic carbocycles. The summed E-state index contributed by atoms with van der Waals surface area (Å²) in [6, 6.07) is 9.21. The standard InChI is InChI=1S/C19H30O4/c20-16(12-18(22)14-7-3-1-4-8-14)11-17(21)13-19(23)15-9-5-2-6-10-15/h1,3-4,7-8,15-23H,2,5-6,9-13H2. The highest BCUT2D eigenvalue weighted by molar-refractivity contribution is 5.17. The van der Waals surface area contributed by atoms with E-state index < -0.39 is 24.4 Å². The molecule has 4 heteroatoms. The average Bonchev–Trinajstić information content (AvgIpc) is 2.56. The van der Waals surface area contributed by atoms with Gasteiger partial charge < -0.3 is 20.4 Å². The normalized spacial score (nSPS) is 21.6. The molecule has 4 unspecified atom stereocenters. The topological polar surface area (TPSA) is 80.9 Å². The molecule has 0 aromatic heterocycles. The van der Waals surface area contributed by atoms with Crippen molar-refractivity contribution in [2.24, 2.45) is 5.92 Å². The van der Waals surface area contributed by atoms with Crippen LogP contribution in [0.25, 0.3) is 0 Å². The summed E-state index contributed by atoms with van der Waals surface area (Å²) < 4.78 is 0. The maximum atomic E-state index is 10.2. The molecule has 130 valence electrons. The van der Waals surface area contributed by atoms with Crippen molar-refractivity contribution in [3.63, 3.8) is 0 Å². The average molecular weight is 322 g/mol. The van der Waals surface area contributed by atoms with Crippen LogP contribution < -0.4 is 0 Å². The Labute approximate surface area is 138 Å². The SMILES string of the molecule is OC(CC(O)CC(O)C1CCCCC1)CC(O)c1ccccc1. The zero-order valence-corrected chi connectivity index (χ0v) is 13.7. The molecule has 0 bridgehead atoms. The lowest BCUT2D eigenvalue weighted by Crippen LogP contribution is -2.29. The number of hydrogen-bond donors (Lipinski definition) is 4. The molecule has 4 atom stereocenters. The quantitative estimate of drug-likeness (QED) is 0.593. The molecule has 0 aliphatic heterocycles. The van der Waals surface area contributed by atoms with Gasteiger partial charge in [0.25, 0.3) is 0 Å². The van der Waals surface area contributed by atoms with Gasteiger partial charge in [-0.25, -0.2) is 0 Å². The van der Waals surface area contributed by atoms with Gasteiger partial charge in [0.05, 0.1) is 24.4 Å². The van der Waals surface area contributed by atoms with E-state index in [0.29, 0.717) is 6.42 Å². The molecule has 4 nitrogen and oxygen atoms in total. The predicted molar refractivity (Wildman–Crippen MR) is 89.8 cm³/mol. The monoisotopic (exact) mass is 322 g/mol. The van der Waals surface area contributed by atoms with E-state index in [-0.39, 0.29) is 18.8 Å². The Morgan fingerprint density at radius 2 is 1.39 bits per heavy atom. The van der Waals surface area contributed by atoms with Crippen LogP contribution in [0.5, 0.6) is 0 Å². The van der Waals surface area contributed by atoms with E-state index in [0.717, 1.165) is 31.2 Å². The summed E-state index contributed by atoms with van der Waals surface area (Å²) in [4.78, 5) is 0. The van der Waals surface area contributed by atoms with Gasteiger partial charge in [-0.15, -0.1) is 0 Å². The maximum Gasteiger partial charge on any atom is 0.0814 e. The van der Waals surface area contributed by atoms with Crippen LogP contribution in [-0.4, -0.2) is 38.7 Å². The molecule has 1 saturated carbocycles. The van der Waals surface area contributed by atoms with Gasteiger partial charge in [-0.2, -0.15) is 0 Å². The summed E-state index contributed by atoms with van der Waals surface area (Å²) in [5, 5.41) is 40.5. The maximum absolute atomic E-state index is 10.2. The highest BCUT2D eigenvalue weighted by Crippen LogP contribution is 2.29. The van der Waals surface area contributed by atoms with Crippen molar-refractivity contribution in [1.82, 2.24) is 0 Å². The van der Waals surface area contributed by atoms with Crippen molar-refractivity contribution in [3.8, 4) is 0 Å². The summed E-state index contributed by atoms with van der Waals surface area (Å²) in [7, 11) is 0. The lowest BCUT2D eigenvalue weighted by molar-refractivity contribution is -0.000514. The lowest BCUT2D eigenvalue weighted by atomic mass is 9.83. The van der Waals surface area contributed by atoms with Crippen LogP contribution in [0.1, 0.15) is 63.0 Å². The number of aliphatic hydroxyl groups is 4. The first-order valence-corrected chi connectivity index (χ1v) is 8.83. The summed E-state index contributed by atoms with van der Waals surface area (Å²) >= 11 is 0. The zero-order chi connectivity index (χ0) is 16.7. The molecule has 23 heavy (non-hydrogen) atoms. The first-order chi connectivity index (χ1) is 11.1. The molecule has 1 aromatic carbocycles. The van der Waals surface area contributed by atoms with Crippen molar-refractivity contribution in [1.29, 1.82) is 0 Å². The van der Waals surface area contributed by atoms with Crippen molar-refractivity contribution in [2.75, 3.05) is 0 Å². The van der Waals surface area contributed by atoms with E-state index in [1.807, 2.05) is 30.3 Å². The molecule has 2 rings (SSSR count). The fourth-order valence-corrected chi connectivity index (χ4v) is 3.57. The van der Waals surface area contributed by atoms with Gasteiger partial charge in [-0.1, -0.05) is 49.6 Å². The molecule has 0 heterocycles. The van der Waals surface area contributed by atoms with Crippen molar-refractivity contribution in [3.05, 3.63) is 35.9 Å². The van der Waals surface area contributed by atoms with Gasteiger partial charge in [0.1, 0.15) is 0 Å². The van der Waals surface area contributed by atoms with E-state index in [2.05, 4.69) is 0 Å². The molecule has 0 radical (unpaired) electrons. The van der Waals surface area contributed by atoms with Crippen molar-refractivity contribution < 1.29 is 20.4 Å². The second-order valence-corrected chi connectivity index (χ2v) is 6.91. The fourth-order valence-electron chi connectivity index (χ4n) is 3.57. The van der Waals surface area contributed by atoms with Gasteiger partial charge in [-0.3, -0.25) is 0 Å². The Morgan fingerprint density at radius 3 is 2.04 bits per heavy atom. The summed E-state index contributed by atoms with van der Waals surface area (Å²) in [5.41, 5.74) is 0.767. The van der Waals surface area contributed by atoms with Crippen LogP contribution in [0.2, 0.25) is 0 Å². The first kappa shape index (κ1) is 18.4. The summed E-state index contributed by atoms with van der Waals surface area (Å²) in [6.45, 7) is 0. The second-order valence-electron chi connectivity index (χ2n) is 6.91. The fraction of sp³-hybridized carbons (Fsp3) is 0.684. The highest BCUT2D eigenvalue weighted by atomic mass is 16.3. The molecular weight excluding hydrogens is 292 g/mol. The smallest absolute Gasteiger partial charge is 0.0814 e. The van der Waals surface area contributed by atoms with Crippen LogP contribution in [0.15, 0.2) is 30.3 Å². The minimum atomic E-state index is -0.779. The first-order valence-electron chi connectivity index (χ1n) is 8.83. The minimum Gasteiger partial charge on any atom is -0.393 e. The minimum absolute atomic E-state index is 0.188. The Bertz CT molecular complexity index is 430. The Hall–Kier alpha value is -0.940. The molecule has 4 N–H and O–H groups in total. The Morgan fingerprint density at radius 1 is 0.783 bits per heavy atom. The third kappa shape index (κ3) is 6.22. The van der Waals surface area contributed by atoms with Crippen LogP contribution >= 0.6 is 0 Å². The molecule has 1 aromatic rings. The van der Waals surface area contributed by atoms with Crippen LogP contribution in [0.4, 0.5) is 0 Å². The highest BCUT2D eigenvalue weighted by Gasteiger charge is 2.25. The largest absolute Gasteiger partial charge is 0.393 e. The van der Waals surface area contributed by atoms with Crippen LogP contribution in [0, 0.1) is 5.92 Å². The number of hydrogen-bond acceptors (Lipinski definition) is 4. The molecule has 0 amide bonds. The van der Waals surface area contributed by atoms with Crippen LogP contribution in [-0.2, 0) is 0 Å². The summed E-state index contributed by atoms with van der Waals surface area (Å²) in [5.74, 6) is 0.283. The number of rotatable bonds is 8. The van der Waals surface area contributed by atoms with E-state index in [4.69, 9.17) is 0 Å². The van der Waals surface area contributed by atoms with E-state index >= 15 is 0 Å². The summed E-state index contributed by atoms with van der Waals surface area (Å²) in [6.07, 6.45) is 3.57. The lowest BCUT2D eigenvalue weighted by Gasteiger charge is -2.28. The van der Waals surface area contributed by atoms with Crippen molar-refractivity contribution >= 4 is 0 Å². The zero-order valence-electron chi connectivity index (χ0n) is 13.7. The third-order valence-corrected chi connectivity index (χ3v) is 4.93. The number of aliphatic hydroxyl groups excluding tert-OH is 4. The Kier molecular flexibility index (Phi) is 7.50. The van der Waals surface area contributed by atoms with Gasteiger partial charge in [-0.05, 0) is 37.2 Å². The molecule has 1 fully saturated rings. The van der Waals surface area contributed by atoms with Crippen LogP contribution in [0.3, 0.4) is 0 Å². The predicted octanol–water partition coefficient (Wildman–Crippen LogP) is 2.55. The van der Waals surface area contributed by atoms with Gasteiger partial charge in [0.2, 0.25) is 0 Å². The molecule has 0 saturated heterocycles. The molecule has 0 spiro atoms. The van der Waals surface area contributed by atoms with Gasteiger partial charge in [0.15, 0.2) is 0 Å².